The maximum absolute atomic E-state index is 12.5. The van der Waals surface area contributed by atoms with Crippen LogP contribution in [0.2, 0.25) is 0 Å². The molecule has 0 bridgehead atoms. The number of urea groups is 1. The van der Waals surface area contributed by atoms with E-state index in [0.717, 1.165) is 25.4 Å². The number of thioether (sulfide) groups is 1. The average Bonchev–Trinajstić information content (AvgIpc) is 2.60. The summed E-state index contributed by atoms with van der Waals surface area (Å²) in [5.41, 5.74) is 1.16. The summed E-state index contributed by atoms with van der Waals surface area (Å²) in [7, 11) is 1.55. The smallest absolute Gasteiger partial charge is 0.322 e. The highest BCUT2D eigenvalue weighted by molar-refractivity contribution is 7.98. The molecule has 3 amide bonds. The number of hydrogen-bond acceptors (Lipinski definition) is 5. The third-order valence-corrected chi connectivity index (χ3v) is 4.62. The number of amides is 3. The number of nitrogens with zero attached hydrogens (tertiary/aromatic N) is 2. The van der Waals surface area contributed by atoms with E-state index in [4.69, 9.17) is 4.74 Å². The zero-order valence-electron chi connectivity index (χ0n) is 15.0. The summed E-state index contributed by atoms with van der Waals surface area (Å²) < 4.78 is 5.30. The van der Waals surface area contributed by atoms with Gasteiger partial charge in [-0.3, -0.25) is 9.69 Å². The second-order valence-corrected chi connectivity index (χ2v) is 6.83. The predicted molar refractivity (Wildman–Crippen MR) is 103 cm³/mol. The molecule has 0 saturated carbocycles. The van der Waals surface area contributed by atoms with Gasteiger partial charge in [-0.25, -0.2) is 4.79 Å². The molecule has 0 aliphatic carbocycles. The highest BCUT2D eigenvalue weighted by Gasteiger charge is 2.21. The molecule has 0 aromatic heterocycles. The molecule has 1 aliphatic heterocycles. The van der Waals surface area contributed by atoms with E-state index in [0.29, 0.717) is 30.2 Å². The van der Waals surface area contributed by atoms with Crippen LogP contribution in [-0.4, -0.2) is 73.6 Å². The van der Waals surface area contributed by atoms with Crippen molar-refractivity contribution in [2.24, 2.45) is 0 Å². The summed E-state index contributed by atoms with van der Waals surface area (Å²) in [6.45, 7) is 5.68. The van der Waals surface area contributed by atoms with Crippen LogP contribution in [0.25, 0.3) is 0 Å². The lowest BCUT2D eigenvalue weighted by Gasteiger charge is -2.34. The number of methoxy groups -OCH3 is 1. The molecule has 2 N–H and O–H groups in total. The monoisotopic (exact) mass is 366 g/mol. The molecule has 1 aromatic carbocycles. The highest BCUT2D eigenvalue weighted by Crippen LogP contribution is 2.28. The van der Waals surface area contributed by atoms with Gasteiger partial charge >= 0.3 is 6.03 Å². The topological polar surface area (TPSA) is 73.9 Å². The highest BCUT2D eigenvalue weighted by atomic mass is 32.2. The van der Waals surface area contributed by atoms with Crippen LogP contribution in [0.3, 0.4) is 0 Å². The van der Waals surface area contributed by atoms with Crippen LogP contribution in [0.5, 0.6) is 5.75 Å². The number of piperazine rings is 1. The van der Waals surface area contributed by atoms with E-state index in [1.165, 1.54) is 6.92 Å². The largest absolute Gasteiger partial charge is 0.495 e. The molecular formula is C17H26N4O3S. The molecule has 7 nitrogen and oxygen atoms in total. The first kappa shape index (κ1) is 19.4. The second kappa shape index (κ2) is 9.53. The Morgan fingerprint density at radius 1 is 1.20 bits per heavy atom. The van der Waals surface area contributed by atoms with Crippen molar-refractivity contribution in [2.45, 2.75) is 6.92 Å². The van der Waals surface area contributed by atoms with Crippen molar-refractivity contribution in [1.82, 2.24) is 9.80 Å². The van der Waals surface area contributed by atoms with Crippen molar-refractivity contribution in [1.29, 1.82) is 0 Å². The molecule has 1 aromatic rings. The van der Waals surface area contributed by atoms with Crippen LogP contribution in [0, 0.1) is 0 Å². The SMILES string of the molecule is COc1ccc(NC(C)=O)cc1NC(=O)N1CCN(CCSC)CC1. The fourth-order valence-electron chi connectivity index (χ4n) is 2.68. The zero-order chi connectivity index (χ0) is 18.2. The van der Waals surface area contributed by atoms with Crippen LogP contribution in [0.1, 0.15) is 6.92 Å². The lowest BCUT2D eigenvalue weighted by atomic mass is 10.2. The van der Waals surface area contributed by atoms with Gasteiger partial charge in [-0.15, -0.1) is 0 Å². The van der Waals surface area contributed by atoms with Crippen molar-refractivity contribution < 1.29 is 14.3 Å². The van der Waals surface area contributed by atoms with Crippen molar-refractivity contribution in [3.05, 3.63) is 18.2 Å². The fraction of sp³-hybridized carbons (Fsp3) is 0.529. The zero-order valence-corrected chi connectivity index (χ0v) is 15.8. The first-order chi connectivity index (χ1) is 12.0. The van der Waals surface area contributed by atoms with Gasteiger partial charge in [0.05, 0.1) is 12.8 Å². The quantitative estimate of drug-likeness (QED) is 0.807. The van der Waals surface area contributed by atoms with Gasteiger partial charge in [0.1, 0.15) is 5.75 Å². The van der Waals surface area contributed by atoms with Gasteiger partial charge in [-0.1, -0.05) is 0 Å². The number of carbonyl (C=O) groups is 2. The van der Waals surface area contributed by atoms with E-state index in [9.17, 15) is 9.59 Å². The van der Waals surface area contributed by atoms with E-state index in [-0.39, 0.29) is 11.9 Å². The summed E-state index contributed by atoms with van der Waals surface area (Å²) in [6.07, 6.45) is 2.10. The van der Waals surface area contributed by atoms with Gasteiger partial charge in [-0.05, 0) is 24.5 Å². The molecule has 0 unspecified atom stereocenters. The van der Waals surface area contributed by atoms with Crippen LogP contribution in [0.4, 0.5) is 16.2 Å². The van der Waals surface area contributed by atoms with Crippen LogP contribution >= 0.6 is 11.8 Å². The van der Waals surface area contributed by atoms with Crippen LogP contribution in [-0.2, 0) is 4.79 Å². The summed E-state index contributed by atoms with van der Waals surface area (Å²) in [4.78, 5) is 27.9. The van der Waals surface area contributed by atoms with Gasteiger partial charge in [0.15, 0.2) is 0 Å². The van der Waals surface area contributed by atoms with E-state index in [2.05, 4.69) is 21.8 Å². The fourth-order valence-corrected chi connectivity index (χ4v) is 3.12. The lowest BCUT2D eigenvalue weighted by molar-refractivity contribution is -0.114. The summed E-state index contributed by atoms with van der Waals surface area (Å²) >= 11 is 1.84. The molecule has 138 valence electrons. The Bertz CT molecular complexity index is 604. The minimum absolute atomic E-state index is 0.150. The van der Waals surface area contributed by atoms with Gasteiger partial charge < -0.3 is 20.3 Å². The summed E-state index contributed by atoms with van der Waals surface area (Å²) in [5.74, 6) is 1.50. The predicted octanol–water partition coefficient (Wildman–Crippen LogP) is 2.17. The first-order valence-electron chi connectivity index (χ1n) is 8.26. The van der Waals surface area contributed by atoms with Crippen molar-refractivity contribution in [3.8, 4) is 5.75 Å². The number of hydrogen-bond donors (Lipinski definition) is 2. The maximum atomic E-state index is 12.5. The normalized spacial score (nSPS) is 14.9. The number of benzene rings is 1. The Kier molecular flexibility index (Phi) is 7.39. The summed E-state index contributed by atoms with van der Waals surface area (Å²) in [5, 5.41) is 5.60. The minimum Gasteiger partial charge on any atom is -0.495 e. The van der Waals surface area contributed by atoms with Gasteiger partial charge in [0.25, 0.3) is 0 Å². The summed E-state index contributed by atoms with van der Waals surface area (Å²) in [6, 6.07) is 5.01. The van der Waals surface area contributed by atoms with E-state index in [1.54, 1.807) is 30.2 Å². The lowest BCUT2D eigenvalue weighted by Crippen LogP contribution is -2.50. The van der Waals surface area contributed by atoms with Gasteiger partial charge in [0, 0.05) is 51.1 Å². The molecule has 1 saturated heterocycles. The van der Waals surface area contributed by atoms with Crippen molar-refractivity contribution in [2.75, 3.05) is 62.5 Å². The minimum atomic E-state index is -0.163. The molecule has 1 aliphatic rings. The van der Waals surface area contributed by atoms with Crippen molar-refractivity contribution >= 4 is 35.1 Å². The Morgan fingerprint density at radius 2 is 1.92 bits per heavy atom. The molecule has 0 atom stereocenters. The maximum Gasteiger partial charge on any atom is 0.322 e. The van der Waals surface area contributed by atoms with Crippen molar-refractivity contribution in [3.63, 3.8) is 0 Å². The molecule has 1 heterocycles. The number of anilines is 2. The Labute approximate surface area is 153 Å². The molecule has 1 fully saturated rings. The number of rotatable bonds is 6. The standard InChI is InChI=1S/C17H26N4O3S/c1-13(22)18-14-4-5-16(24-2)15(12-14)19-17(23)21-8-6-20(7-9-21)10-11-25-3/h4-5,12H,6-11H2,1-3H3,(H,18,22)(H,19,23). The van der Waals surface area contributed by atoms with Crippen LogP contribution in [0.15, 0.2) is 18.2 Å². The molecule has 25 heavy (non-hydrogen) atoms. The molecule has 8 heteroatoms. The average molecular weight is 366 g/mol. The first-order valence-corrected chi connectivity index (χ1v) is 9.65. The van der Waals surface area contributed by atoms with E-state index < -0.39 is 0 Å². The number of nitrogens with one attached hydrogen (secondary N) is 2. The third kappa shape index (κ3) is 5.82. The Hall–Kier alpha value is -1.93. The number of carbonyl (C=O) groups excluding carboxylic acids is 2. The van der Waals surface area contributed by atoms with Gasteiger partial charge in [0.2, 0.25) is 5.91 Å². The van der Waals surface area contributed by atoms with E-state index >= 15 is 0 Å². The van der Waals surface area contributed by atoms with E-state index in [1.807, 2.05) is 11.8 Å². The van der Waals surface area contributed by atoms with Gasteiger partial charge in [-0.2, -0.15) is 11.8 Å². The Balaban J connectivity index is 1.96. The molecular weight excluding hydrogens is 340 g/mol. The Morgan fingerprint density at radius 3 is 2.52 bits per heavy atom. The van der Waals surface area contributed by atoms with Crippen LogP contribution < -0.4 is 15.4 Å². The third-order valence-electron chi connectivity index (χ3n) is 4.03. The second-order valence-electron chi connectivity index (χ2n) is 5.85. The molecule has 2 rings (SSSR count). The molecule has 0 spiro atoms. The number of ether oxygens (including phenoxy) is 1. The molecule has 0 radical (unpaired) electrons.